The molecule has 31 heavy (non-hydrogen) atoms. The third-order valence-corrected chi connectivity index (χ3v) is 5.33. The van der Waals surface area contributed by atoms with Crippen LogP contribution in [0.25, 0.3) is 11.0 Å². The van der Waals surface area contributed by atoms with Crippen LogP contribution >= 0.6 is 0 Å². The van der Waals surface area contributed by atoms with E-state index in [0.717, 1.165) is 62.0 Å². The lowest BCUT2D eigenvalue weighted by Crippen LogP contribution is -2.22. The van der Waals surface area contributed by atoms with E-state index in [0.29, 0.717) is 24.3 Å². The highest BCUT2D eigenvalue weighted by atomic mass is 16.5. The Hall–Kier alpha value is -2.38. The van der Waals surface area contributed by atoms with Crippen LogP contribution in [0, 0.1) is 0 Å². The Bertz CT molecular complexity index is 890. The number of benzene rings is 2. The molecule has 6 nitrogen and oxygen atoms in total. The normalized spacial score (nSPS) is 12.5. The second-order valence-corrected chi connectivity index (χ2v) is 7.80. The van der Waals surface area contributed by atoms with Gasteiger partial charge in [-0.25, -0.2) is 0 Å². The van der Waals surface area contributed by atoms with E-state index in [-0.39, 0.29) is 12.4 Å². The van der Waals surface area contributed by atoms with E-state index in [2.05, 4.69) is 17.4 Å². The fraction of sp³-hybridized carbons (Fsp3) is 0.440. The van der Waals surface area contributed by atoms with Gasteiger partial charge in [-0.1, -0.05) is 37.1 Å². The average Bonchev–Trinajstić information content (AvgIpc) is 3.20. The number of aromatic hydroxyl groups is 1. The number of furan rings is 1. The van der Waals surface area contributed by atoms with E-state index >= 15 is 0 Å². The largest absolute Gasteiger partial charge is 0.508 e. The number of fused-ring (bicyclic) bond motifs is 1. The maximum absolute atomic E-state index is 10.2. The van der Waals surface area contributed by atoms with Crippen molar-refractivity contribution < 1.29 is 24.5 Å². The summed E-state index contributed by atoms with van der Waals surface area (Å²) in [6, 6.07) is 14.9. The number of aliphatic hydroxyl groups excluding tert-OH is 2. The van der Waals surface area contributed by atoms with Crippen LogP contribution in [-0.2, 0) is 17.8 Å². The van der Waals surface area contributed by atoms with Crippen molar-refractivity contribution in [2.24, 2.45) is 0 Å². The Balaban J connectivity index is 1.18. The molecule has 0 saturated carbocycles. The molecule has 0 aliphatic carbocycles. The van der Waals surface area contributed by atoms with Gasteiger partial charge in [-0.15, -0.1) is 0 Å². The third-order valence-electron chi connectivity index (χ3n) is 5.33. The van der Waals surface area contributed by atoms with Gasteiger partial charge in [0.1, 0.15) is 17.1 Å². The van der Waals surface area contributed by atoms with Crippen LogP contribution in [0.15, 0.2) is 52.9 Å². The summed E-state index contributed by atoms with van der Waals surface area (Å²) in [4.78, 5) is 0. The van der Waals surface area contributed by atoms with Gasteiger partial charge in [0.25, 0.3) is 0 Å². The molecule has 0 amide bonds. The molecule has 1 aromatic heterocycles. The van der Waals surface area contributed by atoms with Gasteiger partial charge in [-0.2, -0.15) is 0 Å². The Labute approximate surface area is 183 Å². The number of hydrogen-bond donors (Lipinski definition) is 4. The fourth-order valence-corrected chi connectivity index (χ4v) is 3.56. The topological polar surface area (TPSA) is 95.1 Å². The summed E-state index contributed by atoms with van der Waals surface area (Å²) in [6.45, 7) is 2.49. The summed E-state index contributed by atoms with van der Waals surface area (Å²) in [5.74, 6) is 1.01. The molecule has 3 rings (SSSR count). The van der Waals surface area contributed by atoms with Gasteiger partial charge in [-0.05, 0) is 49.2 Å². The van der Waals surface area contributed by atoms with E-state index in [1.165, 1.54) is 6.07 Å². The predicted molar refractivity (Wildman–Crippen MR) is 121 cm³/mol. The number of rotatable bonds is 14. The van der Waals surface area contributed by atoms with Crippen molar-refractivity contribution in [2.45, 2.75) is 44.8 Å². The number of aliphatic hydroxyl groups is 2. The van der Waals surface area contributed by atoms with Gasteiger partial charge in [0.05, 0.1) is 19.3 Å². The maximum Gasteiger partial charge on any atom is 0.134 e. The Kier molecular flexibility index (Phi) is 9.37. The zero-order valence-electron chi connectivity index (χ0n) is 17.9. The van der Waals surface area contributed by atoms with Gasteiger partial charge in [0, 0.05) is 30.5 Å². The molecule has 0 saturated heterocycles. The highest BCUT2D eigenvalue weighted by Crippen LogP contribution is 2.25. The van der Waals surface area contributed by atoms with Crippen LogP contribution < -0.4 is 5.32 Å². The molecule has 6 heteroatoms. The second kappa shape index (κ2) is 12.5. The summed E-state index contributed by atoms with van der Waals surface area (Å²) in [5, 5.41) is 33.7. The number of unbranched alkanes of at least 4 members (excludes halogenated alkanes) is 3. The number of hydrogen-bond acceptors (Lipinski definition) is 6. The molecule has 0 bridgehead atoms. The summed E-state index contributed by atoms with van der Waals surface area (Å²) >= 11 is 0. The summed E-state index contributed by atoms with van der Waals surface area (Å²) < 4.78 is 11.5. The van der Waals surface area contributed by atoms with Gasteiger partial charge in [-0.3, -0.25) is 0 Å². The molecule has 0 spiro atoms. The first-order chi connectivity index (χ1) is 15.2. The van der Waals surface area contributed by atoms with E-state index in [1.54, 1.807) is 12.1 Å². The number of phenolic OH excluding ortho intramolecular Hbond substituents is 1. The molecule has 0 fully saturated rings. The second-order valence-electron chi connectivity index (χ2n) is 7.80. The molecule has 0 radical (unpaired) electrons. The van der Waals surface area contributed by atoms with Crippen LogP contribution in [0.2, 0.25) is 0 Å². The molecule has 4 N–H and O–H groups in total. The maximum atomic E-state index is 10.2. The fourth-order valence-electron chi connectivity index (χ4n) is 3.56. The highest BCUT2D eigenvalue weighted by Gasteiger charge is 2.12. The van der Waals surface area contributed by atoms with Crippen LogP contribution in [0.4, 0.5) is 0 Å². The van der Waals surface area contributed by atoms with Crippen molar-refractivity contribution in [1.29, 1.82) is 0 Å². The Morgan fingerprint density at radius 2 is 1.81 bits per heavy atom. The van der Waals surface area contributed by atoms with Gasteiger partial charge in [0.15, 0.2) is 0 Å². The summed E-state index contributed by atoms with van der Waals surface area (Å²) in [5.41, 5.74) is 2.04. The Morgan fingerprint density at radius 1 is 0.968 bits per heavy atom. The van der Waals surface area contributed by atoms with Crippen molar-refractivity contribution in [3.63, 3.8) is 0 Å². The Morgan fingerprint density at radius 3 is 2.65 bits per heavy atom. The van der Waals surface area contributed by atoms with Crippen molar-refractivity contribution >= 4 is 11.0 Å². The molecule has 1 heterocycles. The minimum atomic E-state index is -0.799. The molecular weight excluding hydrogens is 394 g/mol. The minimum Gasteiger partial charge on any atom is -0.508 e. The number of para-hydroxylation sites is 1. The zero-order valence-corrected chi connectivity index (χ0v) is 17.9. The van der Waals surface area contributed by atoms with Crippen molar-refractivity contribution in [1.82, 2.24) is 5.32 Å². The van der Waals surface area contributed by atoms with Crippen molar-refractivity contribution in [3.05, 3.63) is 65.4 Å². The molecule has 1 unspecified atom stereocenters. The van der Waals surface area contributed by atoms with Crippen molar-refractivity contribution in [3.8, 4) is 5.75 Å². The lowest BCUT2D eigenvalue weighted by molar-refractivity contribution is 0.129. The van der Waals surface area contributed by atoms with E-state index in [1.807, 2.05) is 18.2 Å². The van der Waals surface area contributed by atoms with Crippen LogP contribution in [0.3, 0.4) is 0 Å². The molecule has 1 atom stereocenters. The number of ether oxygens (including phenoxy) is 1. The molecular formula is C25H33NO5. The third kappa shape index (κ3) is 7.36. The van der Waals surface area contributed by atoms with Crippen LogP contribution in [-0.4, -0.2) is 41.6 Å². The van der Waals surface area contributed by atoms with Crippen LogP contribution in [0.1, 0.15) is 48.7 Å². The average molecular weight is 428 g/mol. The molecule has 0 aliphatic heterocycles. The number of phenols is 1. The predicted octanol–water partition coefficient (Wildman–Crippen LogP) is 4.07. The molecule has 0 aliphatic rings. The van der Waals surface area contributed by atoms with Gasteiger partial charge >= 0.3 is 0 Å². The van der Waals surface area contributed by atoms with Crippen LogP contribution in [0.5, 0.6) is 5.75 Å². The monoisotopic (exact) mass is 427 g/mol. The highest BCUT2D eigenvalue weighted by molar-refractivity contribution is 5.77. The molecule has 168 valence electrons. The molecule has 3 aromatic rings. The van der Waals surface area contributed by atoms with Gasteiger partial charge in [0.2, 0.25) is 0 Å². The summed E-state index contributed by atoms with van der Waals surface area (Å²) in [7, 11) is 0. The van der Waals surface area contributed by atoms with E-state index < -0.39 is 6.10 Å². The minimum absolute atomic E-state index is 0.0480. The lowest BCUT2D eigenvalue weighted by Gasteiger charge is -2.14. The first-order valence-corrected chi connectivity index (χ1v) is 11.0. The standard InChI is InChI=1S/C25H33NO5/c27-18-19-9-10-23(28)22(15-19)24(29)17-26-12-5-1-2-6-13-30-14-11-21-16-20-7-3-4-8-25(20)31-21/h3-4,7-10,15-16,24,26-29H,1-2,5-6,11-14,17-18H2. The van der Waals surface area contributed by atoms with E-state index in [4.69, 9.17) is 9.15 Å². The van der Waals surface area contributed by atoms with E-state index in [9.17, 15) is 15.3 Å². The van der Waals surface area contributed by atoms with Gasteiger partial charge < -0.3 is 29.8 Å². The SMILES string of the molecule is OCc1ccc(O)c(C(O)CNCCCCCCOCCc2cc3ccccc3o2)c1. The lowest BCUT2D eigenvalue weighted by atomic mass is 10.0. The van der Waals surface area contributed by atoms with Crippen molar-refractivity contribution in [2.75, 3.05) is 26.3 Å². The summed E-state index contributed by atoms with van der Waals surface area (Å²) in [6.07, 6.45) is 4.25. The first kappa shape index (κ1) is 23.3. The molecule has 2 aromatic carbocycles. The first-order valence-electron chi connectivity index (χ1n) is 11.0. The quantitative estimate of drug-likeness (QED) is 0.290. The zero-order chi connectivity index (χ0) is 21.9. The smallest absolute Gasteiger partial charge is 0.134 e. The number of nitrogens with one attached hydrogen (secondary N) is 1.